The van der Waals surface area contributed by atoms with Gasteiger partial charge < -0.3 is 10.1 Å². The summed E-state index contributed by atoms with van der Waals surface area (Å²) in [5.41, 5.74) is 1.54. The van der Waals surface area contributed by atoms with Crippen LogP contribution in [0.2, 0.25) is 0 Å². The van der Waals surface area contributed by atoms with Crippen LogP contribution in [0.3, 0.4) is 0 Å². The van der Waals surface area contributed by atoms with Gasteiger partial charge in [-0.1, -0.05) is 0 Å². The zero-order valence-corrected chi connectivity index (χ0v) is 13.1. The fourth-order valence-electron chi connectivity index (χ4n) is 3.60. The van der Waals surface area contributed by atoms with Crippen LogP contribution in [0, 0.1) is 0 Å². The Labute approximate surface area is 125 Å². The van der Waals surface area contributed by atoms with Crippen molar-refractivity contribution in [1.29, 1.82) is 0 Å². The maximum atomic E-state index is 5.80. The van der Waals surface area contributed by atoms with Gasteiger partial charge in [0, 0.05) is 17.5 Å². The summed E-state index contributed by atoms with van der Waals surface area (Å²) in [4.78, 5) is 6.58. The SMILES string of the molecule is CCOC1CC(NC2CC2)(c2nc3c(s2)CCCC3)C1. The second-order valence-electron chi connectivity index (χ2n) is 6.58. The Morgan fingerprint density at radius 3 is 2.80 bits per heavy atom. The fraction of sp³-hybridized carbons (Fsp3) is 0.812. The van der Waals surface area contributed by atoms with Crippen molar-refractivity contribution >= 4 is 11.3 Å². The highest BCUT2D eigenvalue weighted by atomic mass is 32.1. The second-order valence-corrected chi connectivity index (χ2v) is 7.67. The van der Waals surface area contributed by atoms with Crippen molar-refractivity contribution in [1.82, 2.24) is 10.3 Å². The summed E-state index contributed by atoms with van der Waals surface area (Å²) in [5, 5.41) is 5.24. The quantitative estimate of drug-likeness (QED) is 0.905. The number of aryl methyl sites for hydroxylation is 2. The van der Waals surface area contributed by atoms with Gasteiger partial charge in [-0.2, -0.15) is 0 Å². The third-order valence-electron chi connectivity index (χ3n) is 4.87. The molecule has 110 valence electrons. The molecule has 0 radical (unpaired) electrons. The van der Waals surface area contributed by atoms with Crippen LogP contribution in [-0.4, -0.2) is 23.7 Å². The van der Waals surface area contributed by atoms with Crippen molar-refractivity contribution in [3.63, 3.8) is 0 Å². The third-order valence-corrected chi connectivity index (χ3v) is 6.23. The molecule has 0 bridgehead atoms. The first kappa shape index (κ1) is 13.2. The van der Waals surface area contributed by atoms with E-state index >= 15 is 0 Å². The molecule has 0 saturated heterocycles. The van der Waals surface area contributed by atoms with E-state index < -0.39 is 0 Å². The molecule has 0 atom stereocenters. The highest BCUT2D eigenvalue weighted by molar-refractivity contribution is 7.11. The van der Waals surface area contributed by atoms with Crippen molar-refractivity contribution in [3.05, 3.63) is 15.6 Å². The number of ether oxygens (including phenoxy) is 1. The standard InChI is InChI=1S/C16H24N2OS/c1-2-19-12-9-16(10-12,18-11-7-8-11)15-17-13-5-3-4-6-14(13)20-15/h11-12,18H,2-10H2,1H3. The second kappa shape index (κ2) is 5.08. The highest BCUT2D eigenvalue weighted by Gasteiger charge is 2.50. The molecule has 20 heavy (non-hydrogen) atoms. The van der Waals surface area contributed by atoms with Gasteiger partial charge in [0.25, 0.3) is 0 Å². The van der Waals surface area contributed by atoms with E-state index in [1.54, 1.807) is 4.88 Å². The molecule has 0 aromatic carbocycles. The number of nitrogens with zero attached hydrogens (tertiary/aromatic N) is 1. The maximum absolute atomic E-state index is 5.80. The summed E-state index contributed by atoms with van der Waals surface area (Å²) in [5.74, 6) is 0. The molecule has 3 aliphatic rings. The third kappa shape index (κ3) is 2.32. The number of rotatable bonds is 5. The van der Waals surface area contributed by atoms with E-state index in [9.17, 15) is 0 Å². The topological polar surface area (TPSA) is 34.1 Å². The van der Waals surface area contributed by atoms with Crippen LogP contribution in [0.5, 0.6) is 0 Å². The first-order chi connectivity index (χ1) is 9.79. The highest BCUT2D eigenvalue weighted by Crippen LogP contribution is 2.47. The van der Waals surface area contributed by atoms with E-state index in [1.807, 2.05) is 11.3 Å². The Bertz CT molecular complexity index is 465. The van der Waals surface area contributed by atoms with E-state index in [2.05, 4.69) is 12.2 Å². The number of nitrogens with one attached hydrogen (secondary N) is 1. The van der Waals surface area contributed by atoms with Crippen LogP contribution in [-0.2, 0) is 23.1 Å². The minimum absolute atomic E-state index is 0.142. The van der Waals surface area contributed by atoms with Crippen LogP contribution in [0.25, 0.3) is 0 Å². The largest absolute Gasteiger partial charge is 0.378 e. The molecule has 2 fully saturated rings. The molecule has 3 nitrogen and oxygen atoms in total. The zero-order chi connectivity index (χ0) is 13.6. The van der Waals surface area contributed by atoms with Gasteiger partial charge in [-0.25, -0.2) is 4.98 Å². The normalized spacial score (nSPS) is 32.8. The predicted molar refractivity (Wildman–Crippen MR) is 81.2 cm³/mol. The van der Waals surface area contributed by atoms with Gasteiger partial charge in [0.2, 0.25) is 0 Å². The maximum Gasteiger partial charge on any atom is 0.113 e. The van der Waals surface area contributed by atoms with Crippen LogP contribution >= 0.6 is 11.3 Å². The molecule has 0 aliphatic heterocycles. The smallest absolute Gasteiger partial charge is 0.113 e. The first-order valence-corrected chi connectivity index (χ1v) is 8.99. The van der Waals surface area contributed by atoms with E-state index in [-0.39, 0.29) is 5.54 Å². The molecule has 4 heteroatoms. The summed E-state index contributed by atoms with van der Waals surface area (Å²) in [7, 11) is 0. The summed E-state index contributed by atoms with van der Waals surface area (Å²) in [6.45, 7) is 2.93. The van der Waals surface area contributed by atoms with Crippen molar-refractivity contribution < 1.29 is 4.74 Å². The minimum Gasteiger partial charge on any atom is -0.378 e. The number of fused-ring (bicyclic) bond motifs is 1. The monoisotopic (exact) mass is 292 g/mol. The molecule has 0 spiro atoms. The van der Waals surface area contributed by atoms with Crippen LogP contribution < -0.4 is 5.32 Å². The summed E-state index contributed by atoms with van der Waals surface area (Å²) in [6.07, 6.45) is 10.5. The van der Waals surface area contributed by atoms with Crippen molar-refractivity contribution in [2.75, 3.05) is 6.61 Å². The van der Waals surface area contributed by atoms with E-state index in [4.69, 9.17) is 9.72 Å². The molecular weight excluding hydrogens is 268 g/mol. The van der Waals surface area contributed by atoms with Gasteiger partial charge in [0.1, 0.15) is 5.01 Å². The predicted octanol–water partition coefficient (Wildman–Crippen LogP) is 3.17. The average molecular weight is 292 g/mol. The Hall–Kier alpha value is -0.450. The Kier molecular flexibility index (Phi) is 3.36. The van der Waals surface area contributed by atoms with Gasteiger partial charge in [-0.05, 0) is 58.3 Å². The van der Waals surface area contributed by atoms with Gasteiger partial charge in [-0.3, -0.25) is 0 Å². The Balaban J connectivity index is 1.56. The zero-order valence-electron chi connectivity index (χ0n) is 12.3. The number of aromatic nitrogens is 1. The number of hydrogen-bond acceptors (Lipinski definition) is 4. The summed E-state index contributed by atoms with van der Waals surface area (Å²) >= 11 is 1.98. The number of thiazole rings is 1. The molecule has 4 rings (SSSR count). The van der Waals surface area contributed by atoms with Crippen LogP contribution in [0.1, 0.15) is 61.0 Å². The van der Waals surface area contributed by atoms with Gasteiger partial charge in [0.05, 0.1) is 17.3 Å². The van der Waals surface area contributed by atoms with E-state index in [0.29, 0.717) is 6.10 Å². The van der Waals surface area contributed by atoms with Crippen molar-refractivity contribution in [3.8, 4) is 0 Å². The van der Waals surface area contributed by atoms with E-state index in [1.165, 1.54) is 49.2 Å². The van der Waals surface area contributed by atoms with Crippen LogP contribution in [0.15, 0.2) is 0 Å². The van der Waals surface area contributed by atoms with Gasteiger partial charge >= 0.3 is 0 Å². The lowest BCUT2D eigenvalue weighted by atomic mass is 9.74. The van der Waals surface area contributed by atoms with Crippen molar-refractivity contribution in [2.45, 2.75) is 76.0 Å². The molecule has 2 saturated carbocycles. The lowest BCUT2D eigenvalue weighted by Crippen LogP contribution is -2.56. The molecule has 1 aromatic heterocycles. The molecule has 0 amide bonds. The molecular formula is C16H24N2OS. The fourth-order valence-corrected chi connectivity index (χ4v) is 4.92. The van der Waals surface area contributed by atoms with Crippen molar-refractivity contribution in [2.24, 2.45) is 0 Å². The minimum atomic E-state index is 0.142. The van der Waals surface area contributed by atoms with E-state index in [0.717, 1.165) is 25.5 Å². The summed E-state index contributed by atoms with van der Waals surface area (Å²) < 4.78 is 5.80. The molecule has 1 heterocycles. The van der Waals surface area contributed by atoms with Gasteiger partial charge in [-0.15, -0.1) is 11.3 Å². The van der Waals surface area contributed by atoms with Gasteiger partial charge in [0.15, 0.2) is 0 Å². The average Bonchev–Trinajstić information content (AvgIpc) is 3.12. The van der Waals surface area contributed by atoms with Crippen LogP contribution in [0.4, 0.5) is 0 Å². The molecule has 1 N–H and O–H groups in total. The summed E-state index contributed by atoms with van der Waals surface area (Å²) in [6, 6.07) is 0.735. The lowest BCUT2D eigenvalue weighted by molar-refractivity contribution is -0.0544. The Morgan fingerprint density at radius 1 is 1.30 bits per heavy atom. The Morgan fingerprint density at radius 2 is 2.10 bits per heavy atom. The molecule has 0 unspecified atom stereocenters. The molecule has 3 aliphatic carbocycles. The molecule has 1 aromatic rings. The lowest BCUT2D eigenvalue weighted by Gasteiger charge is -2.46. The number of hydrogen-bond donors (Lipinski definition) is 1. The first-order valence-electron chi connectivity index (χ1n) is 8.17.